The fourth-order valence-electron chi connectivity index (χ4n) is 2.28. The smallest absolute Gasteiger partial charge is 0.0540 e. The monoisotopic (exact) mass is 243 g/mol. The van der Waals surface area contributed by atoms with Crippen LogP contribution in [-0.4, -0.2) is 16.8 Å². The SMILES string of the molecule is CNC(Cc1ccccc1C)c1cnn(C)c1C. The van der Waals surface area contributed by atoms with E-state index < -0.39 is 0 Å². The average molecular weight is 243 g/mol. The second-order valence-electron chi connectivity index (χ2n) is 4.78. The number of rotatable bonds is 4. The van der Waals surface area contributed by atoms with Gasteiger partial charge in [0.1, 0.15) is 0 Å². The quantitative estimate of drug-likeness (QED) is 0.894. The van der Waals surface area contributed by atoms with Crippen LogP contribution in [0.15, 0.2) is 30.5 Å². The van der Waals surface area contributed by atoms with Gasteiger partial charge in [-0.2, -0.15) is 5.10 Å². The Balaban J connectivity index is 2.25. The molecule has 0 amide bonds. The Morgan fingerprint density at radius 2 is 2.00 bits per heavy atom. The summed E-state index contributed by atoms with van der Waals surface area (Å²) in [6.07, 6.45) is 2.96. The molecule has 1 aromatic heterocycles. The fourth-order valence-corrected chi connectivity index (χ4v) is 2.28. The zero-order valence-corrected chi connectivity index (χ0v) is 11.6. The minimum absolute atomic E-state index is 0.319. The molecular weight excluding hydrogens is 222 g/mol. The van der Waals surface area contributed by atoms with E-state index in [0.717, 1.165) is 6.42 Å². The predicted octanol–water partition coefficient (Wildman–Crippen LogP) is 2.54. The first-order valence-corrected chi connectivity index (χ1v) is 6.33. The van der Waals surface area contributed by atoms with E-state index in [9.17, 15) is 0 Å². The molecule has 2 aromatic rings. The molecule has 1 atom stereocenters. The zero-order valence-electron chi connectivity index (χ0n) is 11.6. The van der Waals surface area contributed by atoms with Gasteiger partial charge in [0, 0.05) is 24.3 Å². The highest BCUT2D eigenvalue weighted by Gasteiger charge is 2.16. The van der Waals surface area contributed by atoms with Crippen LogP contribution in [0.1, 0.15) is 28.4 Å². The van der Waals surface area contributed by atoms with Crippen molar-refractivity contribution in [3.05, 3.63) is 52.8 Å². The van der Waals surface area contributed by atoms with Crippen molar-refractivity contribution in [1.29, 1.82) is 0 Å². The normalized spacial score (nSPS) is 12.7. The molecule has 1 unspecified atom stereocenters. The lowest BCUT2D eigenvalue weighted by Crippen LogP contribution is -2.19. The highest BCUT2D eigenvalue weighted by molar-refractivity contribution is 5.29. The summed E-state index contributed by atoms with van der Waals surface area (Å²) in [6, 6.07) is 8.87. The maximum atomic E-state index is 4.33. The first-order chi connectivity index (χ1) is 8.63. The zero-order chi connectivity index (χ0) is 13.1. The van der Waals surface area contributed by atoms with E-state index in [0.29, 0.717) is 6.04 Å². The van der Waals surface area contributed by atoms with Crippen molar-refractivity contribution in [2.75, 3.05) is 7.05 Å². The summed E-state index contributed by atoms with van der Waals surface area (Å²) in [5.74, 6) is 0. The molecule has 0 aliphatic heterocycles. The van der Waals surface area contributed by atoms with E-state index in [2.05, 4.69) is 48.5 Å². The lowest BCUT2D eigenvalue weighted by molar-refractivity contribution is 0.585. The van der Waals surface area contributed by atoms with Crippen molar-refractivity contribution in [3.63, 3.8) is 0 Å². The minimum Gasteiger partial charge on any atom is -0.313 e. The van der Waals surface area contributed by atoms with Gasteiger partial charge >= 0.3 is 0 Å². The standard InChI is InChI=1S/C15H21N3/c1-11-7-5-6-8-13(11)9-15(16-3)14-10-17-18(4)12(14)2/h5-8,10,15-16H,9H2,1-4H3. The lowest BCUT2D eigenvalue weighted by Gasteiger charge is -2.17. The summed E-state index contributed by atoms with van der Waals surface area (Å²) in [6.45, 7) is 4.28. The molecule has 1 heterocycles. The van der Waals surface area contributed by atoms with Crippen LogP contribution in [0.2, 0.25) is 0 Å². The van der Waals surface area contributed by atoms with Crippen LogP contribution in [0.3, 0.4) is 0 Å². The van der Waals surface area contributed by atoms with E-state index in [4.69, 9.17) is 0 Å². The van der Waals surface area contributed by atoms with Crippen LogP contribution in [0.4, 0.5) is 0 Å². The molecule has 3 nitrogen and oxygen atoms in total. The van der Waals surface area contributed by atoms with Crippen LogP contribution in [0, 0.1) is 13.8 Å². The number of nitrogens with one attached hydrogen (secondary N) is 1. The van der Waals surface area contributed by atoms with Gasteiger partial charge in [-0.15, -0.1) is 0 Å². The number of nitrogens with zero attached hydrogens (tertiary/aromatic N) is 2. The number of hydrogen-bond donors (Lipinski definition) is 1. The van der Waals surface area contributed by atoms with Crippen LogP contribution in [0.5, 0.6) is 0 Å². The first kappa shape index (κ1) is 12.8. The summed E-state index contributed by atoms with van der Waals surface area (Å²) < 4.78 is 1.93. The van der Waals surface area contributed by atoms with Gasteiger partial charge in [0.05, 0.1) is 6.20 Å². The fraction of sp³-hybridized carbons (Fsp3) is 0.400. The van der Waals surface area contributed by atoms with Gasteiger partial charge in [0.15, 0.2) is 0 Å². The highest BCUT2D eigenvalue weighted by Crippen LogP contribution is 2.22. The number of likely N-dealkylation sites (N-methyl/N-ethyl adjacent to an activating group) is 1. The van der Waals surface area contributed by atoms with Crippen molar-refractivity contribution in [2.24, 2.45) is 7.05 Å². The molecule has 0 spiro atoms. The summed E-state index contributed by atoms with van der Waals surface area (Å²) in [5, 5.41) is 7.72. The molecule has 0 aliphatic carbocycles. The Morgan fingerprint density at radius 3 is 2.56 bits per heavy atom. The van der Waals surface area contributed by atoms with Crippen molar-refractivity contribution in [2.45, 2.75) is 26.3 Å². The lowest BCUT2D eigenvalue weighted by atomic mass is 9.97. The Kier molecular flexibility index (Phi) is 3.82. The summed E-state index contributed by atoms with van der Waals surface area (Å²) >= 11 is 0. The van der Waals surface area contributed by atoms with E-state index in [1.165, 1.54) is 22.4 Å². The number of aryl methyl sites for hydroxylation is 2. The van der Waals surface area contributed by atoms with Crippen molar-refractivity contribution in [3.8, 4) is 0 Å². The molecule has 0 aliphatic rings. The van der Waals surface area contributed by atoms with Crippen molar-refractivity contribution < 1.29 is 0 Å². The van der Waals surface area contributed by atoms with Gasteiger partial charge in [0.25, 0.3) is 0 Å². The van der Waals surface area contributed by atoms with Crippen LogP contribution in [-0.2, 0) is 13.5 Å². The van der Waals surface area contributed by atoms with Crippen LogP contribution < -0.4 is 5.32 Å². The molecule has 0 radical (unpaired) electrons. The molecule has 0 saturated heterocycles. The molecule has 0 fully saturated rings. The number of aromatic nitrogens is 2. The third-order valence-corrected chi connectivity index (χ3v) is 3.68. The molecule has 0 saturated carbocycles. The minimum atomic E-state index is 0.319. The number of hydrogen-bond acceptors (Lipinski definition) is 2. The van der Waals surface area contributed by atoms with E-state index in [1.807, 2.05) is 25.0 Å². The van der Waals surface area contributed by atoms with E-state index in [1.54, 1.807) is 0 Å². The largest absolute Gasteiger partial charge is 0.313 e. The summed E-state index contributed by atoms with van der Waals surface area (Å²) in [5.41, 5.74) is 5.24. The van der Waals surface area contributed by atoms with Gasteiger partial charge in [-0.25, -0.2) is 0 Å². The molecule has 2 rings (SSSR count). The summed E-state index contributed by atoms with van der Waals surface area (Å²) in [7, 11) is 3.99. The van der Waals surface area contributed by atoms with E-state index >= 15 is 0 Å². The average Bonchev–Trinajstić information content (AvgIpc) is 2.70. The molecular formula is C15H21N3. The number of benzene rings is 1. The third-order valence-electron chi connectivity index (χ3n) is 3.68. The highest BCUT2D eigenvalue weighted by atomic mass is 15.3. The first-order valence-electron chi connectivity index (χ1n) is 6.33. The Morgan fingerprint density at radius 1 is 1.28 bits per heavy atom. The van der Waals surface area contributed by atoms with E-state index in [-0.39, 0.29) is 0 Å². The maximum absolute atomic E-state index is 4.33. The van der Waals surface area contributed by atoms with Gasteiger partial charge in [-0.05, 0) is 38.4 Å². The predicted molar refractivity (Wildman–Crippen MR) is 74.6 cm³/mol. The van der Waals surface area contributed by atoms with Crippen molar-refractivity contribution in [1.82, 2.24) is 15.1 Å². The molecule has 0 bridgehead atoms. The molecule has 18 heavy (non-hydrogen) atoms. The Labute approximate surface area is 109 Å². The molecule has 96 valence electrons. The Hall–Kier alpha value is -1.61. The maximum Gasteiger partial charge on any atom is 0.0540 e. The second-order valence-corrected chi connectivity index (χ2v) is 4.78. The third kappa shape index (κ3) is 2.46. The molecule has 1 N–H and O–H groups in total. The molecule has 3 heteroatoms. The van der Waals surface area contributed by atoms with Crippen molar-refractivity contribution >= 4 is 0 Å². The second kappa shape index (κ2) is 5.36. The topological polar surface area (TPSA) is 29.9 Å². The van der Waals surface area contributed by atoms with Gasteiger partial charge in [-0.3, -0.25) is 4.68 Å². The van der Waals surface area contributed by atoms with Crippen LogP contribution in [0.25, 0.3) is 0 Å². The van der Waals surface area contributed by atoms with Gasteiger partial charge in [0.2, 0.25) is 0 Å². The summed E-state index contributed by atoms with van der Waals surface area (Å²) in [4.78, 5) is 0. The van der Waals surface area contributed by atoms with Crippen LogP contribution >= 0.6 is 0 Å². The molecule has 1 aromatic carbocycles. The van der Waals surface area contributed by atoms with Gasteiger partial charge < -0.3 is 5.32 Å². The van der Waals surface area contributed by atoms with Gasteiger partial charge in [-0.1, -0.05) is 24.3 Å². The Bertz CT molecular complexity index is 528.